The van der Waals surface area contributed by atoms with Gasteiger partial charge in [-0.25, -0.2) is 9.78 Å². The van der Waals surface area contributed by atoms with Crippen molar-refractivity contribution in [2.75, 3.05) is 73.3 Å². The molecular formula is C29H39F3N8O3S. The van der Waals surface area contributed by atoms with Gasteiger partial charge in [-0.3, -0.25) is 9.69 Å². The van der Waals surface area contributed by atoms with Crippen molar-refractivity contribution in [3.8, 4) is 5.75 Å². The second-order valence-electron chi connectivity index (χ2n) is 11.0. The maximum absolute atomic E-state index is 13.7. The SMILES string of the molecule is C=CC(=O)Nc1cc(Nc2ncc3c(n2)N(C2CCSCC2)C(=O)N([C@@H](C)C(F)(F)F)C3)c(OC)cc1N(C)CCN(C)C. The Morgan fingerprint density at radius 2 is 1.93 bits per heavy atom. The van der Waals surface area contributed by atoms with Crippen LogP contribution in [0.5, 0.6) is 5.75 Å². The number of fused-ring (bicyclic) bond motifs is 1. The van der Waals surface area contributed by atoms with E-state index in [1.807, 2.05) is 30.9 Å². The summed E-state index contributed by atoms with van der Waals surface area (Å²) in [6.07, 6.45) is -0.675. The van der Waals surface area contributed by atoms with Gasteiger partial charge in [0.05, 0.1) is 30.7 Å². The summed E-state index contributed by atoms with van der Waals surface area (Å²) in [6.45, 7) is 5.71. The molecule has 4 rings (SSSR count). The number of rotatable bonds is 11. The molecule has 15 heteroatoms. The fourth-order valence-electron chi connectivity index (χ4n) is 5.04. The summed E-state index contributed by atoms with van der Waals surface area (Å²) in [5.74, 6) is 2.04. The number of hydrogen-bond donors (Lipinski definition) is 2. The number of nitrogens with one attached hydrogen (secondary N) is 2. The van der Waals surface area contributed by atoms with Crippen molar-refractivity contribution in [3.63, 3.8) is 0 Å². The number of likely N-dealkylation sites (N-methyl/N-ethyl adjacent to an activating group) is 2. The third-order valence-corrected chi connectivity index (χ3v) is 8.71. The lowest BCUT2D eigenvalue weighted by Gasteiger charge is -2.43. The number of alkyl halides is 3. The molecule has 0 spiro atoms. The fourth-order valence-corrected chi connectivity index (χ4v) is 6.12. The van der Waals surface area contributed by atoms with E-state index in [4.69, 9.17) is 4.74 Å². The number of ether oxygens (including phenoxy) is 1. The van der Waals surface area contributed by atoms with Gasteiger partial charge in [-0.15, -0.1) is 0 Å². The summed E-state index contributed by atoms with van der Waals surface area (Å²) < 4.78 is 46.8. The van der Waals surface area contributed by atoms with Crippen LogP contribution in [-0.4, -0.2) is 103 Å². The van der Waals surface area contributed by atoms with Crippen LogP contribution in [0, 0.1) is 0 Å². The summed E-state index contributed by atoms with van der Waals surface area (Å²) in [5.41, 5.74) is 2.06. The lowest BCUT2D eigenvalue weighted by Crippen LogP contribution is -2.58. The fraction of sp³-hybridized carbons (Fsp3) is 0.517. The van der Waals surface area contributed by atoms with Gasteiger partial charge in [0.15, 0.2) is 0 Å². The Bertz CT molecular complexity index is 1370. The van der Waals surface area contributed by atoms with Crippen LogP contribution in [-0.2, 0) is 11.3 Å². The van der Waals surface area contributed by atoms with Gasteiger partial charge in [0.1, 0.15) is 17.6 Å². The number of hydrogen-bond acceptors (Lipinski definition) is 9. The maximum atomic E-state index is 13.7. The smallest absolute Gasteiger partial charge is 0.408 e. The quantitative estimate of drug-likeness (QED) is 0.332. The molecule has 11 nitrogen and oxygen atoms in total. The first-order chi connectivity index (χ1) is 20.8. The molecule has 3 amide bonds. The van der Waals surface area contributed by atoms with Crippen LogP contribution in [0.15, 0.2) is 31.0 Å². The molecule has 2 aliphatic rings. The molecule has 0 radical (unpaired) electrons. The van der Waals surface area contributed by atoms with Crippen molar-refractivity contribution >= 4 is 52.5 Å². The van der Waals surface area contributed by atoms with Crippen LogP contribution in [0.1, 0.15) is 25.3 Å². The van der Waals surface area contributed by atoms with E-state index in [0.717, 1.165) is 29.9 Å². The van der Waals surface area contributed by atoms with Gasteiger partial charge in [0.2, 0.25) is 11.9 Å². The summed E-state index contributed by atoms with van der Waals surface area (Å²) in [4.78, 5) is 41.2. The van der Waals surface area contributed by atoms with Crippen LogP contribution in [0.25, 0.3) is 0 Å². The molecule has 2 aromatic rings. The molecule has 0 unspecified atom stereocenters. The minimum atomic E-state index is -4.58. The maximum Gasteiger partial charge on any atom is 0.408 e. The average molecular weight is 637 g/mol. The van der Waals surface area contributed by atoms with Gasteiger partial charge in [-0.2, -0.15) is 29.9 Å². The second kappa shape index (κ2) is 13.9. The number of amides is 3. The summed E-state index contributed by atoms with van der Waals surface area (Å²) in [5, 5.41) is 5.97. The number of nitrogens with zero attached hydrogens (tertiary/aromatic N) is 6. The first kappa shape index (κ1) is 33.2. The van der Waals surface area contributed by atoms with E-state index in [0.29, 0.717) is 47.8 Å². The van der Waals surface area contributed by atoms with E-state index in [1.54, 1.807) is 23.9 Å². The topological polar surface area (TPSA) is 106 Å². The molecule has 1 aromatic heterocycles. The van der Waals surface area contributed by atoms with E-state index in [-0.39, 0.29) is 24.4 Å². The van der Waals surface area contributed by atoms with Gasteiger partial charge in [-0.1, -0.05) is 6.58 Å². The Labute approximate surface area is 259 Å². The predicted octanol–water partition coefficient (Wildman–Crippen LogP) is 4.94. The number of carbonyl (C=O) groups is 2. The Balaban J connectivity index is 1.73. The zero-order chi connectivity index (χ0) is 32.2. The highest BCUT2D eigenvalue weighted by molar-refractivity contribution is 7.99. The minimum absolute atomic E-state index is 0.122. The number of urea groups is 1. The molecule has 3 heterocycles. The van der Waals surface area contributed by atoms with Crippen LogP contribution in [0.2, 0.25) is 0 Å². The Kier molecular flexibility index (Phi) is 10.5. The van der Waals surface area contributed by atoms with Gasteiger partial charge >= 0.3 is 12.2 Å². The van der Waals surface area contributed by atoms with Crippen molar-refractivity contribution in [2.24, 2.45) is 0 Å². The highest BCUT2D eigenvalue weighted by Crippen LogP contribution is 2.40. The van der Waals surface area contributed by atoms with E-state index in [2.05, 4.69) is 27.2 Å². The molecule has 44 heavy (non-hydrogen) atoms. The van der Waals surface area contributed by atoms with Crippen molar-refractivity contribution in [1.82, 2.24) is 19.8 Å². The van der Waals surface area contributed by atoms with E-state index < -0.39 is 24.2 Å². The van der Waals surface area contributed by atoms with E-state index in [9.17, 15) is 22.8 Å². The highest BCUT2D eigenvalue weighted by Gasteiger charge is 2.47. The Morgan fingerprint density at radius 3 is 2.55 bits per heavy atom. The lowest BCUT2D eigenvalue weighted by atomic mass is 10.1. The molecule has 0 saturated carbocycles. The third kappa shape index (κ3) is 7.49. The molecular weight excluding hydrogens is 597 g/mol. The molecule has 0 bridgehead atoms. The first-order valence-electron chi connectivity index (χ1n) is 14.2. The molecule has 1 aromatic carbocycles. The first-order valence-corrected chi connectivity index (χ1v) is 15.4. The Morgan fingerprint density at radius 1 is 1.23 bits per heavy atom. The number of carbonyl (C=O) groups excluding carboxylic acids is 2. The Hall–Kier alpha value is -3.72. The molecule has 240 valence electrons. The molecule has 2 N–H and O–H groups in total. The number of methoxy groups -OCH3 is 1. The van der Waals surface area contributed by atoms with Gasteiger partial charge in [-0.05, 0) is 57.5 Å². The standard InChI is InChI=1S/C29H39F3N8O3S/c1-7-25(41)34-21-14-22(24(43-6)15-23(21)38(5)11-10-37(3)4)35-27-33-16-19-17-39(18(2)29(30,31)32)28(42)40(26(19)36-27)20-8-12-44-13-9-20/h7,14-16,18,20H,1,8-13,17H2,2-6H3,(H,34,41)(H,33,35,36)/t18-/m0/s1. The number of benzene rings is 1. The van der Waals surface area contributed by atoms with Crippen LogP contribution >= 0.6 is 11.8 Å². The normalized spacial score (nSPS) is 16.4. The van der Waals surface area contributed by atoms with Gasteiger partial charge < -0.3 is 30.1 Å². The zero-order valence-electron chi connectivity index (χ0n) is 25.6. The van der Waals surface area contributed by atoms with Crippen LogP contribution in [0.4, 0.5) is 46.8 Å². The van der Waals surface area contributed by atoms with E-state index in [1.165, 1.54) is 24.3 Å². The molecule has 1 atom stereocenters. The van der Waals surface area contributed by atoms with Crippen molar-refractivity contribution in [1.29, 1.82) is 0 Å². The van der Waals surface area contributed by atoms with Crippen LogP contribution in [0.3, 0.4) is 0 Å². The number of halogens is 3. The monoisotopic (exact) mass is 636 g/mol. The highest BCUT2D eigenvalue weighted by atomic mass is 32.2. The molecule has 1 saturated heterocycles. The predicted molar refractivity (Wildman–Crippen MR) is 168 cm³/mol. The third-order valence-electron chi connectivity index (χ3n) is 7.66. The minimum Gasteiger partial charge on any atom is -0.494 e. The van der Waals surface area contributed by atoms with Crippen molar-refractivity contribution in [3.05, 3.63) is 36.5 Å². The average Bonchev–Trinajstić information content (AvgIpc) is 2.99. The molecule has 1 fully saturated rings. The summed E-state index contributed by atoms with van der Waals surface area (Å²) >= 11 is 1.75. The summed E-state index contributed by atoms with van der Waals surface area (Å²) in [7, 11) is 7.35. The summed E-state index contributed by atoms with van der Waals surface area (Å²) in [6, 6.07) is 0.491. The van der Waals surface area contributed by atoms with Crippen LogP contribution < -0.4 is 25.2 Å². The van der Waals surface area contributed by atoms with E-state index >= 15 is 0 Å². The number of thioether (sulfide) groups is 1. The second-order valence-corrected chi connectivity index (χ2v) is 12.2. The zero-order valence-corrected chi connectivity index (χ0v) is 26.4. The van der Waals surface area contributed by atoms with Crippen molar-refractivity contribution in [2.45, 2.75) is 44.6 Å². The van der Waals surface area contributed by atoms with Crippen molar-refractivity contribution < 1.29 is 27.5 Å². The number of aromatic nitrogens is 2. The number of anilines is 5. The largest absolute Gasteiger partial charge is 0.494 e. The lowest BCUT2D eigenvalue weighted by molar-refractivity contribution is -0.172. The van der Waals surface area contributed by atoms with Gasteiger partial charge in [0, 0.05) is 44.0 Å². The molecule has 2 aliphatic heterocycles. The van der Waals surface area contributed by atoms with Gasteiger partial charge in [0.25, 0.3) is 0 Å². The molecule has 0 aliphatic carbocycles.